The normalized spacial score (nSPS) is 21.1. The van der Waals surface area contributed by atoms with Crippen molar-refractivity contribution in [3.8, 4) is 11.5 Å². The number of ether oxygens (including phenoxy) is 3. The van der Waals surface area contributed by atoms with E-state index >= 15 is 0 Å². The number of rotatable bonds is 7. The first-order chi connectivity index (χ1) is 14.5. The highest BCUT2D eigenvalue weighted by Gasteiger charge is 2.32. The molecule has 1 aromatic heterocycles. The fourth-order valence-corrected chi connectivity index (χ4v) is 4.40. The molecule has 9 heteroatoms. The monoisotopic (exact) mass is 431 g/mol. The number of amides is 2. The minimum atomic E-state index is -0.269. The average molecular weight is 432 g/mol. The number of aryl methyl sites for hydroxylation is 1. The molecule has 3 heterocycles. The molecule has 8 nitrogen and oxygen atoms in total. The molecule has 2 fully saturated rings. The molecule has 2 saturated heterocycles. The number of carbonyl (C=O) groups excluding carboxylic acids is 2. The smallest absolute Gasteiger partial charge is 0.245 e. The largest absolute Gasteiger partial charge is 0.493 e. The third-order valence-corrected chi connectivity index (χ3v) is 6.05. The van der Waals surface area contributed by atoms with E-state index in [4.69, 9.17) is 14.2 Å². The highest BCUT2D eigenvalue weighted by Crippen LogP contribution is 2.36. The van der Waals surface area contributed by atoms with E-state index in [2.05, 4.69) is 10.3 Å². The van der Waals surface area contributed by atoms with Crippen LogP contribution in [0.15, 0.2) is 24.4 Å². The summed E-state index contributed by atoms with van der Waals surface area (Å²) in [4.78, 5) is 31.5. The summed E-state index contributed by atoms with van der Waals surface area (Å²) in [6, 6.07) is 5.71. The van der Waals surface area contributed by atoms with Crippen LogP contribution in [0.25, 0.3) is 0 Å². The first-order valence-corrected chi connectivity index (χ1v) is 10.8. The third-order valence-electron chi connectivity index (χ3n) is 5.22. The van der Waals surface area contributed by atoms with Crippen LogP contribution in [0, 0.1) is 6.92 Å². The van der Waals surface area contributed by atoms with E-state index in [1.165, 1.54) is 11.3 Å². The molecule has 160 valence electrons. The Hall–Kier alpha value is -2.65. The molecule has 2 aliphatic rings. The standard InChI is InChI=1S/C21H25N3O5S/c1-13-10-22-21(30-13)23-18(25)12-24-11-15(9-19(24)26)14-5-6-16(27-2)17(8-14)29-20-4-3-7-28-20/h5-6,8,10,15,20H,3-4,7,9,11-12H2,1-2H3,(H,22,23,25)/t15-,20?/m1/s1. The van der Waals surface area contributed by atoms with Crippen LogP contribution in [0.4, 0.5) is 5.13 Å². The second-order valence-electron chi connectivity index (χ2n) is 7.47. The van der Waals surface area contributed by atoms with Crippen LogP contribution >= 0.6 is 11.3 Å². The lowest BCUT2D eigenvalue weighted by molar-refractivity contribution is -0.131. The Morgan fingerprint density at radius 3 is 2.97 bits per heavy atom. The van der Waals surface area contributed by atoms with Gasteiger partial charge in [-0.2, -0.15) is 0 Å². The zero-order valence-electron chi connectivity index (χ0n) is 17.1. The minimum Gasteiger partial charge on any atom is -0.493 e. The lowest BCUT2D eigenvalue weighted by Gasteiger charge is -2.19. The van der Waals surface area contributed by atoms with Gasteiger partial charge in [0.05, 0.1) is 20.3 Å². The van der Waals surface area contributed by atoms with Crippen LogP contribution in [-0.2, 0) is 14.3 Å². The second-order valence-corrected chi connectivity index (χ2v) is 8.71. The van der Waals surface area contributed by atoms with Crippen molar-refractivity contribution >= 4 is 28.3 Å². The Morgan fingerprint density at radius 1 is 1.40 bits per heavy atom. The summed E-state index contributed by atoms with van der Waals surface area (Å²) < 4.78 is 16.9. The summed E-state index contributed by atoms with van der Waals surface area (Å²) >= 11 is 1.41. The van der Waals surface area contributed by atoms with Crippen molar-refractivity contribution < 1.29 is 23.8 Å². The number of aromatic nitrogens is 1. The summed E-state index contributed by atoms with van der Waals surface area (Å²) in [5.74, 6) is 0.960. The van der Waals surface area contributed by atoms with Gasteiger partial charge in [0.15, 0.2) is 22.9 Å². The van der Waals surface area contributed by atoms with Crippen LogP contribution in [0.3, 0.4) is 0 Å². The molecular formula is C21H25N3O5S. The Kier molecular flexibility index (Phi) is 6.19. The molecule has 1 aromatic carbocycles. The molecule has 4 rings (SSSR count). The number of thiazole rings is 1. The van der Waals surface area contributed by atoms with Crippen LogP contribution < -0.4 is 14.8 Å². The SMILES string of the molecule is COc1ccc([C@@H]2CC(=O)N(CC(=O)Nc3ncc(C)s3)C2)cc1OC1CCCO1. The molecule has 30 heavy (non-hydrogen) atoms. The number of hydrogen-bond acceptors (Lipinski definition) is 7. The van der Waals surface area contributed by atoms with E-state index in [0.29, 0.717) is 36.2 Å². The van der Waals surface area contributed by atoms with Gasteiger partial charge in [-0.1, -0.05) is 6.07 Å². The fraction of sp³-hybridized carbons (Fsp3) is 0.476. The number of anilines is 1. The molecule has 1 unspecified atom stereocenters. The highest BCUT2D eigenvalue weighted by atomic mass is 32.1. The van der Waals surface area contributed by atoms with Gasteiger partial charge in [0, 0.05) is 36.4 Å². The van der Waals surface area contributed by atoms with E-state index in [0.717, 1.165) is 23.3 Å². The maximum atomic E-state index is 12.5. The molecule has 2 amide bonds. The van der Waals surface area contributed by atoms with Crippen molar-refractivity contribution in [2.24, 2.45) is 0 Å². The Labute approximate surface area is 179 Å². The highest BCUT2D eigenvalue weighted by molar-refractivity contribution is 7.15. The van der Waals surface area contributed by atoms with Gasteiger partial charge < -0.3 is 24.4 Å². The first kappa shape index (κ1) is 20.6. The van der Waals surface area contributed by atoms with Crippen LogP contribution in [0.5, 0.6) is 11.5 Å². The van der Waals surface area contributed by atoms with Crippen LogP contribution in [0.2, 0.25) is 0 Å². The van der Waals surface area contributed by atoms with Crippen molar-refractivity contribution in [2.45, 2.75) is 38.4 Å². The van der Waals surface area contributed by atoms with Crippen molar-refractivity contribution in [2.75, 3.05) is 32.1 Å². The molecule has 0 radical (unpaired) electrons. The third kappa shape index (κ3) is 4.73. The number of nitrogens with one attached hydrogen (secondary N) is 1. The zero-order valence-corrected chi connectivity index (χ0v) is 17.9. The van der Waals surface area contributed by atoms with Crippen LogP contribution in [-0.4, -0.2) is 54.8 Å². The first-order valence-electron chi connectivity index (χ1n) is 9.98. The van der Waals surface area contributed by atoms with Crippen LogP contribution in [0.1, 0.15) is 35.6 Å². The van der Waals surface area contributed by atoms with Crippen molar-refractivity contribution in [1.29, 1.82) is 0 Å². The molecule has 1 N–H and O–H groups in total. The van der Waals surface area contributed by atoms with E-state index in [1.54, 1.807) is 18.2 Å². The van der Waals surface area contributed by atoms with E-state index in [1.807, 2.05) is 25.1 Å². The van der Waals surface area contributed by atoms with Gasteiger partial charge in [-0.25, -0.2) is 4.98 Å². The van der Waals surface area contributed by atoms with Crippen molar-refractivity contribution in [3.05, 3.63) is 34.8 Å². The predicted octanol–water partition coefficient (Wildman–Crippen LogP) is 2.93. The Bertz CT molecular complexity index is 925. The van der Waals surface area contributed by atoms with Gasteiger partial charge in [0.25, 0.3) is 0 Å². The summed E-state index contributed by atoms with van der Waals surface area (Å²) in [6.07, 6.45) is 3.61. The fourth-order valence-electron chi connectivity index (χ4n) is 3.71. The molecular weight excluding hydrogens is 406 g/mol. The topological polar surface area (TPSA) is 90.0 Å². The number of benzene rings is 1. The zero-order chi connectivity index (χ0) is 21.1. The lowest BCUT2D eigenvalue weighted by Crippen LogP contribution is -2.34. The lowest BCUT2D eigenvalue weighted by atomic mass is 9.98. The summed E-state index contributed by atoms with van der Waals surface area (Å²) in [5, 5.41) is 3.30. The molecule has 0 bridgehead atoms. The number of likely N-dealkylation sites (tertiary alicyclic amines) is 1. The Morgan fingerprint density at radius 2 is 2.27 bits per heavy atom. The second kappa shape index (κ2) is 9.01. The van der Waals surface area contributed by atoms with Crippen molar-refractivity contribution in [1.82, 2.24) is 9.88 Å². The maximum Gasteiger partial charge on any atom is 0.245 e. The van der Waals surface area contributed by atoms with Gasteiger partial charge in [0.2, 0.25) is 11.8 Å². The summed E-state index contributed by atoms with van der Waals surface area (Å²) in [7, 11) is 1.60. The van der Waals surface area contributed by atoms with Gasteiger partial charge in [-0.3, -0.25) is 9.59 Å². The summed E-state index contributed by atoms with van der Waals surface area (Å²) in [6.45, 7) is 3.12. The number of methoxy groups -OCH3 is 1. The van der Waals surface area contributed by atoms with Gasteiger partial charge in [0.1, 0.15) is 0 Å². The predicted molar refractivity (Wildman–Crippen MR) is 112 cm³/mol. The molecule has 2 aliphatic heterocycles. The van der Waals surface area contributed by atoms with Crippen molar-refractivity contribution in [3.63, 3.8) is 0 Å². The number of nitrogens with zero attached hydrogens (tertiary/aromatic N) is 2. The quantitative estimate of drug-likeness (QED) is 0.725. The summed E-state index contributed by atoms with van der Waals surface area (Å²) in [5.41, 5.74) is 0.982. The molecule has 0 spiro atoms. The van der Waals surface area contributed by atoms with E-state index in [-0.39, 0.29) is 30.6 Å². The minimum absolute atomic E-state index is 0.00911. The molecule has 2 atom stereocenters. The number of hydrogen-bond donors (Lipinski definition) is 1. The van der Waals surface area contributed by atoms with E-state index < -0.39 is 0 Å². The van der Waals surface area contributed by atoms with Gasteiger partial charge in [-0.05, 0) is 31.0 Å². The Balaban J connectivity index is 1.40. The molecule has 2 aromatic rings. The number of carbonyl (C=O) groups is 2. The van der Waals surface area contributed by atoms with E-state index in [9.17, 15) is 9.59 Å². The average Bonchev–Trinajstić information content (AvgIpc) is 3.45. The van der Waals surface area contributed by atoms with Gasteiger partial charge in [-0.15, -0.1) is 11.3 Å². The maximum absolute atomic E-state index is 12.5. The van der Waals surface area contributed by atoms with Gasteiger partial charge >= 0.3 is 0 Å². The molecule has 0 aliphatic carbocycles. The molecule has 0 saturated carbocycles.